The Morgan fingerprint density at radius 1 is 0.276 bits per heavy atom. The largest absolute Gasteiger partial charge is 0.907 e. The summed E-state index contributed by atoms with van der Waals surface area (Å²) in [7, 11) is 42.9. The number of carboxylic acid groups (broad SMARTS) is 4. The van der Waals surface area contributed by atoms with Gasteiger partial charge in [0.2, 0.25) is 0 Å². The molecule has 0 atom stereocenters. The molecule has 0 aliphatic rings. The first-order chi connectivity index (χ1) is 24.9. The Balaban J connectivity index is -0.0000000553. The standard InChI is InChI=1S/7C5H14N.2C2H2O4.BO3/c7*1-5-6(2,3)4;2*3-1(4)2(5)6;2-1(3)4/h7*5H2,1-4H3;2*(H,3,4)(H,5,6);/q7*+1;;;-3/p-4. The lowest BCUT2D eigenvalue weighted by Gasteiger charge is -2.35. The Bertz CT molecular complexity index is 753. The molecule has 0 aromatic heterocycles. The molecule has 0 saturated heterocycles. The molecule has 0 aromatic rings. The van der Waals surface area contributed by atoms with Gasteiger partial charge in [-0.15, -0.1) is 0 Å². The second-order valence-electron chi connectivity index (χ2n) is 19.7. The van der Waals surface area contributed by atoms with E-state index >= 15 is 0 Å². The Kier molecular flexibility index (Phi) is 56.7. The summed E-state index contributed by atoms with van der Waals surface area (Å²) in [6.07, 6.45) is 0. The normalized spacial score (nSPS) is 10.7. The van der Waals surface area contributed by atoms with Gasteiger partial charge in [-0.1, -0.05) is 0 Å². The quantitative estimate of drug-likeness (QED) is 0.133. The summed E-state index contributed by atoms with van der Waals surface area (Å²) < 4.78 is 7.49. The van der Waals surface area contributed by atoms with Crippen molar-refractivity contribution in [3.05, 3.63) is 0 Å². The molecule has 0 aromatic carbocycles. The van der Waals surface area contributed by atoms with Gasteiger partial charge in [0, 0.05) is 0 Å². The molecule has 0 saturated carbocycles. The zero-order valence-electron chi connectivity index (χ0n) is 43.1. The molecule has 0 radical (unpaired) electrons. The molecule has 0 N–H and O–H groups in total. The van der Waals surface area contributed by atoms with Crippen molar-refractivity contribution in [3.63, 3.8) is 0 Å². The highest BCUT2D eigenvalue weighted by atomic mass is 16.5. The van der Waals surface area contributed by atoms with Crippen molar-refractivity contribution in [3.8, 4) is 0 Å². The maximum atomic E-state index is 8.93. The number of quaternary nitrogens is 7. The number of nitrogens with zero attached hydrogens (tertiary/aromatic N) is 7. The molecule has 0 spiro atoms. The minimum Gasteiger partial charge on any atom is -0.907 e. The number of aliphatic carboxylic acids is 4. The summed E-state index contributed by atoms with van der Waals surface area (Å²) in [5.74, 6) is -8.74. The third kappa shape index (κ3) is 210. The van der Waals surface area contributed by atoms with Gasteiger partial charge in [-0.2, -0.15) is 0 Å². The molecule has 0 heterocycles. The van der Waals surface area contributed by atoms with Crippen LogP contribution in [0.1, 0.15) is 48.5 Å². The predicted octanol–water partition coefficient (Wildman–Crippen LogP) is -5.99. The van der Waals surface area contributed by atoms with Crippen molar-refractivity contribution in [1.82, 2.24) is 0 Å². The average Bonchev–Trinajstić information content (AvgIpc) is 3.00. The second kappa shape index (κ2) is 41.3. The molecule has 358 valence electrons. The number of rotatable bonds is 7. The van der Waals surface area contributed by atoms with E-state index in [4.69, 9.17) is 54.7 Å². The van der Waals surface area contributed by atoms with E-state index in [1.165, 1.54) is 45.8 Å². The summed E-state index contributed by atoms with van der Waals surface area (Å²) in [5.41, 5.74) is 0. The van der Waals surface area contributed by atoms with Crippen LogP contribution in [0.25, 0.3) is 0 Å². The van der Waals surface area contributed by atoms with Crippen LogP contribution in [0.15, 0.2) is 0 Å². The number of carbonyl (C=O) groups is 4. The predicted molar refractivity (Wildman–Crippen MR) is 226 cm³/mol. The van der Waals surface area contributed by atoms with Crippen LogP contribution in [0.4, 0.5) is 0 Å². The topological polar surface area (TPSA) is 230 Å². The summed E-state index contributed by atoms with van der Waals surface area (Å²) in [6, 6.07) is 0. The van der Waals surface area contributed by atoms with Crippen molar-refractivity contribution < 1.29 is 86.1 Å². The Hall–Kier alpha value is -2.46. The number of hydrogen-bond donors (Lipinski definition) is 0. The zero-order chi connectivity index (χ0) is 50.3. The van der Waals surface area contributed by atoms with E-state index in [2.05, 4.69) is 196 Å². The van der Waals surface area contributed by atoms with Crippen LogP contribution in [0.5, 0.6) is 0 Å². The summed E-state index contributed by atoms with van der Waals surface area (Å²) in [4.78, 5) is 35.7. The number of hydrogen-bond acceptors (Lipinski definition) is 11. The number of carbonyl (C=O) groups excluding carboxylic acids is 4. The zero-order valence-corrected chi connectivity index (χ0v) is 43.1. The van der Waals surface area contributed by atoms with Gasteiger partial charge < -0.3 is 86.1 Å². The van der Waals surface area contributed by atoms with Gasteiger partial charge in [0.05, 0.1) is 218 Å². The van der Waals surface area contributed by atoms with Crippen LogP contribution in [0.3, 0.4) is 0 Å². The Labute approximate surface area is 359 Å². The van der Waals surface area contributed by atoms with E-state index in [0.29, 0.717) is 0 Å². The molecule has 0 rings (SSSR count). The molecule has 19 heteroatoms. The third-order valence-corrected chi connectivity index (χ3v) is 6.97. The van der Waals surface area contributed by atoms with E-state index in [9.17, 15) is 0 Å². The molecular formula is C39H98BN7O11. The molecule has 58 heavy (non-hydrogen) atoms. The van der Waals surface area contributed by atoms with Crippen molar-refractivity contribution in [1.29, 1.82) is 0 Å². The lowest BCUT2D eigenvalue weighted by Crippen LogP contribution is -2.56. The highest BCUT2D eigenvalue weighted by Crippen LogP contribution is 1.87. The lowest BCUT2D eigenvalue weighted by molar-refractivity contribution is -0.868. The first kappa shape index (κ1) is 79.7. The first-order valence-corrected chi connectivity index (χ1v) is 19.4. The second-order valence-corrected chi connectivity index (χ2v) is 19.7. The minimum atomic E-state index is -2.92. The van der Waals surface area contributed by atoms with E-state index in [1.807, 2.05) is 0 Å². The van der Waals surface area contributed by atoms with E-state index in [1.54, 1.807) is 0 Å². The van der Waals surface area contributed by atoms with Gasteiger partial charge in [-0.3, -0.25) is 7.32 Å². The van der Waals surface area contributed by atoms with Gasteiger partial charge in [-0.05, 0) is 48.5 Å². The maximum Gasteiger partial charge on any atom is 0.0870 e. The maximum absolute atomic E-state index is 8.93. The minimum absolute atomic E-state index is 1.07. The summed E-state index contributed by atoms with van der Waals surface area (Å²) in [6.45, 7) is 23.7. The van der Waals surface area contributed by atoms with Crippen LogP contribution in [0, 0.1) is 0 Å². The molecule has 0 amide bonds. The fourth-order valence-electron chi connectivity index (χ4n) is 0. The lowest BCUT2D eigenvalue weighted by atomic mass is 10.3. The van der Waals surface area contributed by atoms with Gasteiger partial charge in [0.1, 0.15) is 0 Å². The van der Waals surface area contributed by atoms with Crippen molar-refractivity contribution in [2.75, 3.05) is 194 Å². The third-order valence-electron chi connectivity index (χ3n) is 6.97. The van der Waals surface area contributed by atoms with Crippen molar-refractivity contribution >= 4 is 31.2 Å². The van der Waals surface area contributed by atoms with Crippen molar-refractivity contribution in [2.24, 2.45) is 0 Å². The Morgan fingerprint density at radius 2 is 0.310 bits per heavy atom. The molecule has 0 fully saturated rings. The molecular weight excluding hydrogens is 753 g/mol. The Morgan fingerprint density at radius 3 is 0.310 bits per heavy atom. The molecule has 18 nitrogen and oxygen atoms in total. The van der Waals surface area contributed by atoms with E-state index in [-0.39, 0.29) is 0 Å². The summed E-state index contributed by atoms with van der Waals surface area (Å²) in [5, 5.41) is 61.0. The van der Waals surface area contributed by atoms with Crippen LogP contribution >= 0.6 is 0 Å². The molecule has 0 aliphatic carbocycles. The van der Waals surface area contributed by atoms with Crippen LogP contribution in [0.2, 0.25) is 0 Å². The van der Waals surface area contributed by atoms with Gasteiger partial charge in [-0.25, -0.2) is 0 Å². The van der Waals surface area contributed by atoms with Crippen LogP contribution < -0.4 is 35.5 Å². The van der Waals surface area contributed by atoms with E-state index < -0.39 is 31.2 Å². The van der Waals surface area contributed by atoms with Crippen molar-refractivity contribution in [2.45, 2.75) is 48.5 Å². The van der Waals surface area contributed by atoms with Crippen LogP contribution in [-0.2, 0) is 19.2 Å². The van der Waals surface area contributed by atoms with Gasteiger partial charge in [0.25, 0.3) is 0 Å². The highest BCUT2D eigenvalue weighted by molar-refractivity contribution is 6.25. The van der Waals surface area contributed by atoms with Gasteiger partial charge >= 0.3 is 0 Å². The molecule has 0 aliphatic heterocycles. The smallest absolute Gasteiger partial charge is 0.0870 e. The SMILES string of the molecule is CC[N+](C)(C)C.CC[N+](C)(C)C.CC[N+](C)(C)C.CC[N+](C)(C)C.CC[N+](C)(C)C.CC[N+](C)(C)C.CC[N+](C)(C)C.O=C([O-])C(=O)[O-].O=C([O-])C(=O)[O-].[O-]B([O-])[O-]. The first-order valence-electron chi connectivity index (χ1n) is 19.4. The van der Waals surface area contributed by atoms with Gasteiger partial charge in [0.15, 0.2) is 0 Å². The van der Waals surface area contributed by atoms with Crippen LogP contribution in [-0.4, -0.2) is 256 Å². The highest BCUT2D eigenvalue weighted by Gasteiger charge is 2.00. The molecule has 0 unspecified atom stereocenters. The van der Waals surface area contributed by atoms with E-state index in [0.717, 1.165) is 31.4 Å². The monoisotopic (exact) mass is 852 g/mol. The summed E-state index contributed by atoms with van der Waals surface area (Å²) >= 11 is 0. The average molecular weight is 852 g/mol. The molecule has 0 bridgehead atoms. The number of carboxylic acids is 4. The fourth-order valence-corrected chi connectivity index (χ4v) is 0. The fraction of sp³-hybridized carbons (Fsp3) is 0.897.